The molecule has 2 rings (SSSR count). The molecule has 2 N–H and O–H groups in total. The molecule has 0 aliphatic carbocycles. The summed E-state index contributed by atoms with van der Waals surface area (Å²) in [5, 5.41) is 18.7. The van der Waals surface area contributed by atoms with Crippen molar-refractivity contribution in [1.29, 1.82) is 0 Å². The predicted octanol–water partition coefficient (Wildman–Crippen LogP) is -0.915. The lowest BCUT2D eigenvalue weighted by Gasteiger charge is -2.31. The van der Waals surface area contributed by atoms with Gasteiger partial charge in [0.2, 0.25) is 0 Å². The van der Waals surface area contributed by atoms with Crippen LogP contribution in [0.3, 0.4) is 0 Å². The number of carbonyl (C=O) groups is 1. The number of aliphatic carboxylic acids is 1. The van der Waals surface area contributed by atoms with E-state index in [-0.39, 0.29) is 30.5 Å². The predicted molar refractivity (Wildman–Crippen MR) is 60.5 cm³/mol. The number of nitrogens with zero attached hydrogens (tertiary/aromatic N) is 1. The second-order valence-electron chi connectivity index (χ2n) is 4.94. The summed E-state index contributed by atoms with van der Waals surface area (Å²) in [6.07, 6.45) is 1.29. The molecule has 0 aromatic carbocycles. The van der Waals surface area contributed by atoms with Crippen molar-refractivity contribution < 1.29 is 23.4 Å². The van der Waals surface area contributed by atoms with Gasteiger partial charge in [-0.05, 0) is 12.8 Å². The van der Waals surface area contributed by atoms with Gasteiger partial charge in [0.15, 0.2) is 5.60 Å². The summed E-state index contributed by atoms with van der Waals surface area (Å²) in [6.45, 7) is 0.626. The number of β-amino-alcohol motifs (C(OH)–C–C–N with tert-alkyl or cyclic N) is 1. The lowest BCUT2D eigenvalue weighted by Crippen LogP contribution is -2.45. The maximum atomic E-state index is 11.3. The number of sulfone groups is 1. The third-order valence-electron chi connectivity index (χ3n) is 3.72. The quantitative estimate of drug-likeness (QED) is 0.669. The highest BCUT2D eigenvalue weighted by atomic mass is 32.2. The number of likely N-dealkylation sites (tertiary alicyclic amines) is 1. The zero-order valence-electron chi connectivity index (χ0n) is 9.50. The first-order valence-corrected chi connectivity index (χ1v) is 7.55. The minimum atomic E-state index is -2.90. The van der Waals surface area contributed by atoms with E-state index in [9.17, 15) is 18.3 Å². The van der Waals surface area contributed by atoms with Gasteiger partial charge in [0.1, 0.15) is 9.84 Å². The molecular weight excluding hydrogens is 246 g/mol. The van der Waals surface area contributed by atoms with Gasteiger partial charge in [-0.1, -0.05) is 0 Å². The standard InChI is InChI=1S/C10H17NO5S/c12-9(13)10(14)3-4-11(7-10)8-1-5-17(15,16)6-2-8/h8,14H,1-7H2,(H,12,13). The fourth-order valence-electron chi connectivity index (χ4n) is 2.55. The molecule has 6 nitrogen and oxygen atoms in total. The van der Waals surface area contributed by atoms with Crippen LogP contribution in [0.5, 0.6) is 0 Å². The molecule has 0 spiro atoms. The average Bonchev–Trinajstić information content (AvgIpc) is 2.62. The number of carboxylic acid groups (broad SMARTS) is 1. The third kappa shape index (κ3) is 2.61. The molecule has 0 bridgehead atoms. The Balaban J connectivity index is 1.96. The smallest absolute Gasteiger partial charge is 0.337 e. The molecular formula is C10H17NO5S. The molecule has 2 fully saturated rings. The molecule has 2 aliphatic rings. The van der Waals surface area contributed by atoms with Crippen LogP contribution in [0.4, 0.5) is 0 Å². The zero-order chi connectivity index (χ0) is 12.7. The number of hydrogen-bond acceptors (Lipinski definition) is 5. The topological polar surface area (TPSA) is 94.9 Å². The van der Waals surface area contributed by atoms with Crippen LogP contribution in [0.15, 0.2) is 0 Å². The van der Waals surface area contributed by atoms with Crippen LogP contribution in [-0.2, 0) is 14.6 Å². The van der Waals surface area contributed by atoms with E-state index in [0.29, 0.717) is 19.4 Å². The molecule has 1 atom stereocenters. The van der Waals surface area contributed by atoms with E-state index in [4.69, 9.17) is 5.11 Å². The lowest BCUT2D eigenvalue weighted by molar-refractivity contribution is -0.157. The van der Waals surface area contributed by atoms with Gasteiger partial charge in [0.05, 0.1) is 11.5 Å². The molecule has 2 saturated heterocycles. The van der Waals surface area contributed by atoms with Crippen molar-refractivity contribution in [3.63, 3.8) is 0 Å². The molecule has 2 aliphatic heterocycles. The van der Waals surface area contributed by atoms with E-state index in [1.165, 1.54) is 0 Å². The fourth-order valence-corrected chi connectivity index (χ4v) is 4.02. The van der Waals surface area contributed by atoms with Crippen LogP contribution in [0.2, 0.25) is 0 Å². The van der Waals surface area contributed by atoms with Gasteiger partial charge < -0.3 is 10.2 Å². The Morgan fingerprint density at radius 3 is 2.35 bits per heavy atom. The summed E-state index contributed by atoms with van der Waals surface area (Å²) in [6, 6.07) is 0.0897. The molecule has 17 heavy (non-hydrogen) atoms. The molecule has 0 amide bonds. The maximum Gasteiger partial charge on any atom is 0.337 e. The summed E-state index contributed by atoms with van der Waals surface area (Å²) in [7, 11) is -2.90. The third-order valence-corrected chi connectivity index (χ3v) is 5.43. The number of hydrogen-bond donors (Lipinski definition) is 2. The Morgan fingerprint density at radius 2 is 1.88 bits per heavy atom. The Hall–Kier alpha value is -0.660. The van der Waals surface area contributed by atoms with Gasteiger partial charge in [-0.15, -0.1) is 0 Å². The summed E-state index contributed by atoms with van der Waals surface area (Å²) in [5.41, 5.74) is -1.66. The van der Waals surface area contributed by atoms with Crippen molar-refractivity contribution in [2.75, 3.05) is 24.6 Å². The van der Waals surface area contributed by atoms with Crippen molar-refractivity contribution in [2.24, 2.45) is 0 Å². The van der Waals surface area contributed by atoms with Gasteiger partial charge in [-0.3, -0.25) is 4.90 Å². The summed E-state index contributed by atoms with van der Waals surface area (Å²) in [4.78, 5) is 12.8. The van der Waals surface area contributed by atoms with E-state index in [1.54, 1.807) is 0 Å². The molecule has 98 valence electrons. The number of carboxylic acids is 1. The highest BCUT2D eigenvalue weighted by Gasteiger charge is 2.45. The average molecular weight is 263 g/mol. The van der Waals surface area contributed by atoms with Crippen molar-refractivity contribution in [2.45, 2.75) is 30.9 Å². The van der Waals surface area contributed by atoms with Gasteiger partial charge in [-0.2, -0.15) is 0 Å². The number of rotatable bonds is 2. The Labute approximate surface area is 100 Å². The van der Waals surface area contributed by atoms with Crippen LogP contribution in [0.1, 0.15) is 19.3 Å². The first kappa shape index (κ1) is 12.8. The van der Waals surface area contributed by atoms with Crippen molar-refractivity contribution >= 4 is 15.8 Å². The minimum absolute atomic E-state index is 0.0897. The summed E-state index contributed by atoms with van der Waals surface area (Å²) < 4.78 is 22.6. The second kappa shape index (κ2) is 4.22. The fraction of sp³-hybridized carbons (Fsp3) is 0.900. The summed E-state index contributed by atoms with van der Waals surface area (Å²) in [5.74, 6) is -0.859. The van der Waals surface area contributed by atoms with Gasteiger partial charge in [-0.25, -0.2) is 13.2 Å². The van der Waals surface area contributed by atoms with E-state index in [0.717, 1.165) is 0 Å². The van der Waals surface area contributed by atoms with E-state index in [2.05, 4.69) is 0 Å². The lowest BCUT2D eigenvalue weighted by atomic mass is 10.0. The van der Waals surface area contributed by atoms with Gasteiger partial charge >= 0.3 is 5.97 Å². The van der Waals surface area contributed by atoms with E-state index < -0.39 is 21.4 Å². The minimum Gasteiger partial charge on any atom is -0.479 e. The Morgan fingerprint density at radius 1 is 1.29 bits per heavy atom. The first-order chi connectivity index (χ1) is 7.82. The normalized spacial score (nSPS) is 34.9. The Bertz CT molecular complexity index is 406. The van der Waals surface area contributed by atoms with Crippen molar-refractivity contribution in [1.82, 2.24) is 4.90 Å². The zero-order valence-corrected chi connectivity index (χ0v) is 10.3. The molecule has 7 heteroatoms. The maximum absolute atomic E-state index is 11.3. The molecule has 0 saturated carbocycles. The van der Waals surface area contributed by atoms with E-state index >= 15 is 0 Å². The SMILES string of the molecule is O=C(O)C1(O)CCN(C2CCS(=O)(=O)CC2)C1. The van der Waals surface area contributed by atoms with Crippen molar-refractivity contribution in [3.8, 4) is 0 Å². The number of aliphatic hydroxyl groups is 1. The van der Waals surface area contributed by atoms with Crippen LogP contribution in [-0.4, -0.2) is 65.7 Å². The van der Waals surface area contributed by atoms with E-state index in [1.807, 2.05) is 4.90 Å². The van der Waals surface area contributed by atoms with Crippen molar-refractivity contribution in [3.05, 3.63) is 0 Å². The van der Waals surface area contributed by atoms with Crippen LogP contribution < -0.4 is 0 Å². The second-order valence-corrected chi connectivity index (χ2v) is 7.24. The highest BCUT2D eigenvalue weighted by molar-refractivity contribution is 7.91. The van der Waals surface area contributed by atoms with Crippen LogP contribution in [0, 0.1) is 0 Å². The first-order valence-electron chi connectivity index (χ1n) is 5.73. The van der Waals surface area contributed by atoms with Gasteiger partial charge in [0, 0.05) is 25.6 Å². The monoisotopic (exact) mass is 263 g/mol. The molecule has 0 radical (unpaired) electrons. The van der Waals surface area contributed by atoms with Crippen LogP contribution in [0.25, 0.3) is 0 Å². The van der Waals surface area contributed by atoms with Crippen LogP contribution >= 0.6 is 0 Å². The molecule has 2 heterocycles. The Kier molecular flexibility index (Phi) is 3.17. The summed E-state index contributed by atoms with van der Waals surface area (Å²) >= 11 is 0. The highest BCUT2D eigenvalue weighted by Crippen LogP contribution is 2.27. The molecule has 1 unspecified atom stereocenters. The largest absolute Gasteiger partial charge is 0.479 e. The molecule has 0 aromatic heterocycles. The van der Waals surface area contributed by atoms with Gasteiger partial charge in [0.25, 0.3) is 0 Å². The molecule has 0 aromatic rings.